The molecule has 5 aromatic rings. The molecule has 5 rings (SSSR count). The van der Waals surface area contributed by atoms with Crippen molar-refractivity contribution in [2.45, 2.75) is 10.8 Å². The monoisotopic (exact) mass is 563 g/mol. The Morgan fingerprint density at radius 2 is 1.63 bits per heavy atom. The number of oxazole rings is 1. The Morgan fingerprint density at radius 1 is 0.902 bits per heavy atom. The molecule has 0 atom stereocenters. The molecule has 3 aromatic carbocycles. The summed E-state index contributed by atoms with van der Waals surface area (Å²) in [6.07, 6.45) is 0. The summed E-state index contributed by atoms with van der Waals surface area (Å²) in [5.74, 6) is 1.14. The second-order valence-corrected chi connectivity index (χ2v) is 9.67. The minimum absolute atomic E-state index is 0.00603. The van der Waals surface area contributed by atoms with E-state index in [1.165, 1.54) is 23.9 Å². The van der Waals surface area contributed by atoms with E-state index in [9.17, 15) is 14.9 Å². The van der Waals surface area contributed by atoms with E-state index in [2.05, 4.69) is 22.1 Å². The van der Waals surface area contributed by atoms with E-state index >= 15 is 0 Å². The molecule has 0 amide bonds. The second-order valence-electron chi connectivity index (χ2n) is 8.71. The minimum atomic E-state index is -0.408. The molecule has 41 heavy (non-hydrogen) atoms. The van der Waals surface area contributed by atoms with Crippen LogP contribution in [0.3, 0.4) is 0 Å². The van der Waals surface area contributed by atoms with Gasteiger partial charge in [-0.3, -0.25) is 0 Å². The van der Waals surface area contributed by atoms with Crippen LogP contribution in [-0.2, 0) is 5.75 Å². The van der Waals surface area contributed by atoms with Crippen LogP contribution >= 0.6 is 11.8 Å². The van der Waals surface area contributed by atoms with Crippen LogP contribution in [0.2, 0.25) is 0 Å². The van der Waals surface area contributed by atoms with Gasteiger partial charge in [-0.2, -0.15) is 10.5 Å². The van der Waals surface area contributed by atoms with E-state index in [1.54, 1.807) is 36.4 Å². The zero-order valence-corrected chi connectivity index (χ0v) is 22.4. The fraction of sp³-hybridized carbons (Fsp3) is 0.0968. The maximum Gasteiger partial charge on any atom is 0.227 e. The predicted octanol–water partition coefficient (Wildman–Crippen LogP) is 6.20. The van der Waals surface area contributed by atoms with Crippen LogP contribution in [0, 0.1) is 28.5 Å². The largest absolute Gasteiger partial charge is 0.491 e. The zero-order chi connectivity index (χ0) is 28.8. The molecular weight excluding hydrogens is 541 g/mol. The molecule has 10 heteroatoms. The lowest BCUT2D eigenvalue weighted by atomic mass is 9.97. The summed E-state index contributed by atoms with van der Waals surface area (Å²) < 4.78 is 25.5. The third-order valence-electron chi connectivity index (χ3n) is 6.07. The van der Waals surface area contributed by atoms with Crippen LogP contribution in [0.15, 0.2) is 88.3 Å². The number of halogens is 1. The Bertz CT molecular complexity index is 1780. The average Bonchev–Trinajstić information content (AvgIpc) is 3.44. The van der Waals surface area contributed by atoms with Crippen molar-refractivity contribution in [1.29, 1.82) is 10.5 Å². The maximum atomic E-state index is 13.9. The highest BCUT2D eigenvalue weighted by molar-refractivity contribution is 7.98. The standard InChI is InChI=1S/C31H22FN5O3S/c32-22-8-4-7-21(15-22)30-36-26(28(40-30)20-5-2-1-3-6-20)18-41-31-25(17-34)27(24(16-33)29(35)37-31)19-9-11-23(12-10-19)39-14-13-38/h1-12,15,38H,13-14,18H2,(H2,35,37). The van der Waals surface area contributed by atoms with Gasteiger partial charge in [0.2, 0.25) is 5.89 Å². The van der Waals surface area contributed by atoms with Crippen molar-refractivity contribution in [3.05, 3.63) is 102 Å². The van der Waals surface area contributed by atoms with E-state index in [4.69, 9.17) is 20.0 Å². The first-order chi connectivity index (χ1) is 20.0. The number of aliphatic hydroxyl groups is 1. The van der Waals surface area contributed by atoms with Crippen molar-refractivity contribution in [3.8, 4) is 51.8 Å². The van der Waals surface area contributed by atoms with Crippen molar-refractivity contribution in [3.63, 3.8) is 0 Å². The van der Waals surface area contributed by atoms with E-state index in [-0.39, 0.29) is 41.8 Å². The summed E-state index contributed by atoms with van der Waals surface area (Å²) >= 11 is 1.23. The van der Waals surface area contributed by atoms with Crippen molar-refractivity contribution in [1.82, 2.24) is 9.97 Å². The minimum Gasteiger partial charge on any atom is -0.491 e. The molecule has 0 fully saturated rings. The number of pyridine rings is 1. The number of benzene rings is 3. The Balaban J connectivity index is 1.54. The number of aromatic nitrogens is 2. The molecule has 0 radical (unpaired) electrons. The van der Waals surface area contributed by atoms with Crippen molar-refractivity contribution < 1.29 is 18.7 Å². The van der Waals surface area contributed by atoms with Crippen molar-refractivity contribution in [2.75, 3.05) is 18.9 Å². The number of ether oxygens (including phenoxy) is 1. The highest BCUT2D eigenvalue weighted by Crippen LogP contribution is 2.39. The quantitative estimate of drug-likeness (QED) is 0.200. The Hall–Kier alpha value is -5.16. The highest BCUT2D eigenvalue weighted by atomic mass is 32.2. The average molecular weight is 564 g/mol. The Labute approximate surface area is 239 Å². The van der Waals surface area contributed by atoms with E-state index < -0.39 is 5.82 Å². The molecule has 0 aliphatic rings. The van der Waals surface area contributed by atoms with Crippen molar-refractivity contribution >= 4 is 17.6 Å². The SMILES string of the molecule is N#Cc1c(N)nc(SCc2nc(-c3cccc(F)c3)oc2-c2ccccc2)c(C#N)c1-c1ccc(OCCO)cc1. The van der Waals surface area contributed by atoms with E-state index in [0.717, 1.165) is 5.56 Å². The van der Waals surface area contributed by atoms with Crippen LogP contribution in [0.4, 0.5) is 10.2 Å². The first-order valence-corrected chi connectivity index (χ1v) is 13.4. The Morgan fingerprint density at radius 3 is 2.32 bits per heavy atom. The molecular formula is C31H22FN5O3S. The topological polar surface area (TPSA) is 142 Å². The number of nitrogen functional groups attached to an aromatic ring is 1. The molecule has 8 nitrogen and oxygen atoms in total. The first kappa shape index (κ1) is 27.4. The number of thioether (sulfide) groups is 1. The van der Waals surface area contributed by atoms with E-state index in [1.807, 2.05) is 30.3 Å². The summed E-state index contributed by atoms with van der Waals surface area (Å²) in [4.78, 5) is 9.05. The molecule has 0 aliphatic heterocycles. The smallest absolute Gasteiger partial charge is 0.227 e. The van der Waals surface area contributed by atoms with Gasteiger partial charge in [0.25, 0.3) is 0 Å². The van der Waals surface area contributed by atoms with E-state index in [0.29, 0.717) is 38.9 Å². The summed E-state index contributed by atoms with van der Waals surface area (Å²) in [6, 6.07) is 26.5. The van der Waals surface area contributed by atoms with Crippen LogP contribution in [0.25, 0.3) is 33.9 Å². The second kappa shape index (κ2) is 12.3. The van der Waals surface area contributed by atoms with Gasteiger partial charge in [0.05, 0.1) is 17.9 Å². The molecule has 202 valence electrons. The van der Waals surface area contributed by atoms with Gasteiger partial charge < -0.3 is 20.0 Å². The molecule has 0 bridgehead atoms. The van der Waals surface area contributed by atoms with Gasteiger partial charge in [-0.15, -0.1) is 0 Å². The number of nitrogens with two attached hydrogens (primary N) is 1. The van der Waals surface area contributed by atoms with Gasteiger partial charge in [0.15, 0.2) is 5.76 Å². The lowest BCUT2D eigenvalue weighted by Crippen LogP contribution is -2.04. The number of nitrogens with zero attached hydrogens (tertiary/aromatic N) is 4. The number of rotatable bonds is 9. The van der Waals surface area contributed by atoms with Crippen molar-refractivity contribution in [2.24, 2.45) is 0 Å². The summed E-state index contributed by atoms with van der Waals surface area (Å²) in [5.41, 5.74) is 9.28. The van der Waals surface area contributed by atoms with Crippen LogP contribution in [0.5, 0.6) is 5.75 Å². The third-order valence-corrected chi connectivity index (χ3v) is 7.06. The maximum absolute atomic E-state index is 13.9. The number of hydrogen-bond donors (Lipinski definition) is 2. The van der Waals surface area contributed by atoms with Crippen LogP contribution in [-0.4, -0.2) is 28.3 Å². The van der Waals surface area contributed by atoms with Gasteiger partial charge in [0.1, 0.15) is 46.7 Å². The lowest BCUT2D eigenvalue weighted by Gasteiger charge is -2.13. The number of hydrogen-bond acceptors (Lipinski definition) is 9. The molecule has 2 heterocycles. The fourth-order valence-electron chi connectivity index (χ4n) is 4.22. The van der Waals surface area contributed by atoms with Gasteiger partial charge in [-0.05, 0) is 35.9 Å². The molecule has 0 spiro atoms. The first-order valence-electron chi connectivity index (χ1n) is 12.4. The lowest BCUT2D eigenvalue weighted by molar-refractivity contribution is 0.201. The normalized spacial score (nSPS) is 10.6. The van der Waals surface area contributed by atoms with Gasteiger partial charge in [-0.1, -0.05) is 60.3 Å². The van der Waals surface area contributed by atoms with Crippen LogP contribution < -0.4 is 10.5 Å². The van der Waals surface area contributed by atoms with Gasteiger partial charge >= 0.3 is 0 Å². The third kappa shape index (κ3) is 5.89. The van der Waals surface area contributed by atoms with Gasteiger partial charge in [0, 0.05) is 22.4 Å². The summed E-state index contributed by atoms with van der Waals surface area (Å²) in [7, 11) is 0. The molecule has 0 saturated heterocycles. The zero-order valence-electron chi connectivity index (χ0n) is 21.5. The molecule has 0 aliphatic carbocycles. The number of anilines is 1. The predicted molar refractivity (Wildman–Crippen MR) is 153 cm³/mol. The fourth-order valence-corrected chi connectivity index (χ4v) is 5.14. The Kier molecular flexibility index (Phi) is 8.26. The number of nitriles is 2. The molecule has 0 saturated carbocycles. The molecule has 0 unspecified atom stereocenters. The summed E-state index contributed by atoms with van der Waals surface area (Å²) in [6.45, 7) is 0.0186. The van der Waals surface area contributed by atoms with Gasteiger partial charge in [-0.25, -0.2) is 14.4 Å². The summed E-state index contributed by atoms with van der Waals surface area (Å²) in [5, 5.41) is 29.4. The molecule has 3 N–H and O–H groups in total. The van der Waals surface area contributed by atoms with Crippen LogP contribution in [0.1, 0.15) is 16.8 Å². The highest BCUT2D eigenvalue weighted by Gasteiger charge is 2.23. The number of aliphatic hydroxyl groups excluding tert-OH is 1. The molecule has 2 aromatic heterocycles.